The molecule has 0 radical (unpaired) electrons. The Kier molecular flexibility index (Phi) is 3.64. The summed E-state index contributed by atoms with van der Waals surface area (Å²) in [6, 6.07) is 11.3. The lowest BCUT2D eigenvalue weighted by atomic mass is 10.3. The first kappa shape index (κ1) is 13.3. The molecule has 3 rings (SSSR count). The van der Waals surface area contributed by atoms with Gasteiger partial charge in [0.05, 0.1) is 5.69 Å². The lowest BCUT2D eigenvalue weighted by molar-refractivity contribution is 0.0949. The number of rotatable bonds is 4. The number of imidazole rings is 1. The van der Waals surface area contributed by atoms with Gasteiger partial charge in [-0.15, -0.1) is 0 Å². The quantitative estimate of drug-likeness (QED) is 0.795. The minimum Gasteiger partial charge on any atom is -0.350 e. The monoisotopic (exact) mass is 280 g/mol. The predicted molar refractivity (Wildman–Crippen MR) is 80.2 cm³/mol. The Morgan fingerprint density at radius 2 is 2.10 bits per heavy atom. The fourth-order valence-corrected chi connectivity index (χ4v) is 2.17. The molecular formula is C16H16N4O. The summed E-state index contributed by atoms with van der Waals surface area (Å²) in [6.07, 6.45) is 4.63. The number of amides is 1. The number of aromatic nitrogens is 3. The summed E-state index contributed by atoms with van der Waals surface area (Å²) in [5.74, 6) is -0.150. The molecule has 0 spiro atoms. The van der Waals surface area contributed by atoms with Crippen LogP contribution in [0.2, 0.25) is 0 Å². The summed E-state index contributed by atoms with van der Waals surface area (Å²) in [6.45, 7) is 2.41. The standard InChI is InChI=1S/C16H16N4O/c1-12-5-4-6-14(18-12)16(21)17-9-8-13-11-20-10-3-2-7-15(20)19-13/h2-7,10-11H,8-9H2,1H3,(H,17,21). The lowest BCUT2D eigenvalue weighted by Gasteiger charge is -2.03. The molecule has 0 aliphatic heterocycles. The van der Waals surface area contributed by atoms with Crippen LogP contribution in [-0.4, -0.2) is 26.8 Å². The second-order valence-corrected chi connectivity index (χ2v) is 4.87. The van der Waals surface area contributed by atoms with Crippen LogP contribution in [0.4, 0.5) is 0 Å². The van der Waals surface area contributed by atoms with Crippen molar-refractivity contribution >= 4 is 11.6 Å². The van der Waals surface area contributed by atoms with Crippen molar-refractivity contribution in [1.82, 2.24) is 19.7 Å². The van der Waals surface area contributed by atoms with Crippen LogP contribution in [0.3, 0.4) is 0 Å². The molecule has 21 heavy (non-hydrogen) atoms. The van der Waals surface area contributed by atoms with E-state index in [0.29, 0.717) is 18.7 Å². The summed E-state index contributed by atoms with van der Waals surface area (Å²) < 4.78 is 1.97. The average Bonchev–Trinajstić information content (AvgIpc) is 2.89. The van der Waals surface area contributed by atoms with E-state index in [-0.39, 0.29) is 5.91 Å². The summed E-state index contributed by atoms with van der Waals surface area (Å²) in [7, 11) is 0. The molecule has 106 valence electrons. The Balaban J connectivity index is 1.59. The van der Waals surface area contributed by atoms with Crippen LogP contribution in [0.15, 0.2) is 48.8 Å². The summed E-state index contributed by atoms with van der Waals surface area (Å²) >= 11 is 0. The third-order valence-corrected chi connectivity index (χ3v) is 3.20. The first-order valence-corrected chi connectivity index (χ1v) is 6.87. The summed E-state index contributed by atoms with van der Waals surface area (Å²) in [5, 5.41) is 2.87. The van der Waals surface area contributed by atoms with E-state index < -0.39 is 0 Å². The highest BCUT2D eigenvalue weighted by molar-refractivity contribution is 5.92. The second kappa shape index (κ2) is 5.75. The zero-order chi connectivity index (χ0) is 14.7. The van der Waals surface area contributed by atoms with Gasteiger partial charge in [0, 0.05) is 31.1 Å². The van der Waals surface area contributed by atoms with Crippen molar-refractivity contribution in [2.75, 3.05) is 6.54 Å². The van der Waals surface area contributed by atoms with Gasteiger partial charge in [0.2, 0.25) is 0 Å². The van der Waals surface area contributed by atoms with Gasteiger partial charge in [-0.1, -0.05) is 12.1 Å². The fourth-order valence-electron chi connectivity index (χ4n) is 2.17. The number of nitrogens with one attached hydrogen (secondary N) is 1. The second-order valence-electron chi connectivity index (χ2n) is 4.87. The molecule has 0 fully saturated rings. The van der Waals surface area contributed by atoms with Crippen LogP contribution < -0.4 is 5.32 Å². The van der Waals surface area contributed by atoms with E-state index in [0.717, 1.165) is 17.0 Å². The Labute approximate surface area is 122 Å². The molecule has 3 aromatic heterocycles. The molecule has 0 saturated carbocycles. The van der Waals surface area contributed by atoms with Gasteiger partial charge in [-0.05, 0) is 31.2 Å². The number of fused-ring (bicyclic) bond motifs is 1. The number of hydrogen-bond donors (Lipinski definition) is 1. The molecule has 0 atom stereocenters. The summed E-state index contributed by atoms with van der Waals surface area (Å²) in [5.41, 5.74) is 3.16. The molecule has 1 N–H and O–H groups in total. The van der Waals surface area contributed by atoms with Crippen molar-refractivity contribution in [1.29, 1.82) is 0 Å². The number of carbonyl (C=O) groups is 1. The Bertz CT molecular complexity index is 746. The highest BCUT2D eigenvalue weighted by Crippen LogP contribution is 2.05. The molecule has 0 saturated heterocycles. The molecular weight excluding hydrogens is 264 g/mol. The SMILES string of the molecule is Cc1cccc(C(=O)NCCc2cn3ccccc3n2)n1. The van der Waals surface area contributed by atoms with Crippen LogP contribution in [0.5, 0.6) is 0 Å². The van der Waals surface area contributed by atoms with E-state index in [4.69, 9.17) is 0 Å². The maximum atomic E-state index is 12.0. The zero-order valence-corrected chi connectivity index (χ0v) is 11.8. The Morgan fingerprint density at radius 1 is 1.19 bits per heavy atom. The van der Waals surface area contributed by atoms with Crippen LogP contribution in [-0.2, 0) is 6.42 Å². The first-order valence-electron chi connectivity index (χ1n) is 6.87. The number of hydrogen-bond acceptors (Lipinski definition) is 3. The van der Waals surface area contributed by atoms with E-state index >= 15 is 0 Å². The van der Waals surface area contributed by atoms with Crippen molar-refractivity contribution < 1.29 is 4.79 Å². The number of pyridine rings is 2. The van der Waals surface area contributed by atoms with Gasteiger partial charge >= 0.3 is 0 Å². The van der Waals surface area contributed by atoms with Crippen LogP contribution in [0.1, 0.15) is 21.9 Å². The maximum absolute atomic E-state index is 12.0. The zero-order valence-electron chi connectivity index (χ0n) is 11.8. The molecule has 1 amide bonds. The van der Waals surface area contributed by atoms with Crippen LogP contribution >= 0.6 is 0 Å². The molecule has 0 aliphatic rings. The van der Waals surface area contributed by atoms with Crippen molar-refractivity contribution in [2.24, 2.45) is 0 Å². The Morgan fingerprint density at radius 3 is 2.90 bits per heavy atom. The normalized spacial score (nSPS) is 10.7. The Hall–Kier alpha value is -2.69. The van der Waals surface area contributed by atoms with E-state index in [1.807, 2.05) is 54.0 Å². The van der Waals surface area contributed by atoms with Gasteiger partial charge in [0.15, 0.2) is 0 Å². The molecule has 0 aromatic carbocycles. The van der Waals surface area contributed by atoms with Gasteiger partial charge in [-0.25, -0.2) is 9.97 Å². The fraction of sp³-hybridized carbons (Fsp3) is 0.188. The van der Waals surface area contributed by atoms with Crippen molar-refractivity contribution in [2.45, 2.75) is 13.3 Å². The topological polar surface area (TPSA) is 59.3 Å². The number of carbonyl (C=O) groups excluding carboxylic acids is 1. The van der Waals surface area contributed by atoms with E-state index in [1.165, 1.54) is 0 Å². The van der Waals surface area contributed by atoms with Gasteiger partial charge in [0.25, 0.3) is 5.91 Å². The molecule has 5 nitrogen and oxygen atoms in total. The number of nitrogens with zero attached hydrogens (tertiary/aromatic N) is 3. The minimum absolute atomic E-state index is 0.150. The maximum Gasteiger partial charge on any atom is 0.269 e. The first-order chi connectivity index (χ1) is 10.2. The molecule has 0 bridgehead atoms. The highest BCUT2D eigenvalue weighted by Gasteiger charge is 2.07. The van der Waals surface area contributed by atoms with Crippen molar-refractivity contribution in [3.8, 4) is 0 Å². The molecule has 3 heterocycles. The molecule has 0 aliphatic carbocycles. The minimum atomic E-state index is -0.150. The smallest absolute Gasteiger partial charge is 0.269 e. The van der Waals surface area contributed by atoms with E-state index in [2.05, 4.69) is 15.3 Å². The van der Waals surface area contributed by atoms with Gasteiger partial charge in [-0.3, -0.25) is 4.79 Å². The lowest BCUT2D eigenvalue weighted by Crippen LogP contribution is -2.26. The van der Waals surface area contributed by atoms with Crippen LogP contribution in [0, 0.1) is 6.92 Å². The number of aryl methyl sites for hydroxylation is 1. The van der Waals surface area contributed by atoms with Gasteiger partial charge in [0.1, 0.15) is 11.3 Å². The summed E-state index contributed by atoms with van der Waals surface area (Å²) in [4.78, 5) is 20.7. The third-order valence-electron chi connectivity index (χ3n) is 3.20. The van der Waals surface area contributed by atoms with Gasteiger partial charge in [-0.2, -0.15) is 0 Å². The molecule has 3 aromatic rings. The predicted octanol–water partition coefficient (Wildman–Crippen LogP) is 2.01. The van der Waals surface area contributed by atoms with Gasteiger partial charge < -0.3 is 9.72 Å². The molecule has 5 heteroatoms. The van der Waals surface area contributed by atoms with Crippen molar-refractivity contribution in [3.05, 3.63) is 65.9 Å². The molecule has 0 unspecified atom stereocenters. The highest BCUT2D eigenvalue weighted by atomic mass is 16.1. The third kappa shape index (κ3) is 3.08. The van der Waals surface area contributed by atoms with Crippen LogP contribution in [0.25, 0.3) is 5.65 Å². The van der Waals surface area contributed by atoms with E-state index in [9.17, 15) is 4.79 Å². The largest absolute Gasteiger partial charge is 0.350 e. The van der Waals surface area contributed by atoms with Crippen molar-refractivity contribution in [3.63, 3.8) is 0 Å². The van der Waals surface area contributed by atoms with E-state index in [1.54, 1.807) is 6.07 Å². The average molecular weight is 280 g/mol.